The largest absolute Gasteiger partial charge is 0.411 e. The number of Topliss-reactive ketones (excluding diaryl/α,β-unsaturated/α-hetero) is 1. The molecule has 0 radical (unpaired) electrons. The molecule has 22 heavy (non-hydrogen) atoms. The summed E-state index contributed by atoms with van der Waals surface area (Å²) in [7, 11) is 0. The van der Waals surface area contributed by atoms with Crippen molar-refractivity contribution < 1.29 is 10.0 Å². The summed E-state index contributed by atoms with van der Waals surface area (Å²) < 4.78 is 0. The van der Waals surface area contributed by atoms with Crippen LogP contribution in [0.2, 0.25) is 0 Å². The van der Waals surface area contributed by atoms with Crippen LogP contribution >= 0.6 is 0 Å². The first-order valence-corrected chi connectivity index (χ1v) is 9.25. The molecule has 4 rings (SSSR count). The molecule has 0 saturated heterocycles. The second kappa shape index (κ2) is 4.82. The highest BCUT2D eigenvalue weighted by Crippen LogP contribution is 2.64. The van der Waals surface area contributed by atoms with E-state index in [0.29, 0.717) is 34.9 Å². The van der Waals surface area contributed by atoms with Gasteiger partial charge in [0.2, 0.25) is 0 Å². The zero-order valence-corrected chi connectivity index (χ0v) is 14.0. The molecule has 4 saturated carbocycles. The Labute approximate surface area is 133 Å². The Morgan fingerprint density at radius 1 is 1.09 bits per heavy atom. The van der Waals surface area contributed by atoms with Crippen molar-refractivity contribution in [1.29, 1.82) is 0 Å². The molecule has 0 bridgehead atoms. The second-order valence-corrected chi connectivity index (χ2v) is 8.90. The highest BCUT2D eigenvalue weighted by Gasteiger charge is 2.61. The SMILES string of the molecule is C[C@]12CCCCC1C/C(=N\O)[C@@H]1[C@@H]2CC[C@]2(C)C(=O)CC[C@@H]12. The maximum atomic E-state index is 12.5. The molecule has 0 amide bonds. The maximum absolute atomic E-state index is 12.5. The first-order valence-electron chi connectivity index (χ1n) is 9.25. The number of hydrogen-bond acceptors (Lipinski definition) is 3. The monoisotopic (exact) mass is 303 g/mol. The van der Waals surface area contributed by atoms with Crippen molar-refractivity contribution in [3.63, 3.8) is 0 Å². The molecule has 0 heterocycles. The third-order valence-electron chi connectivity index (χ3n) is 8.25. The molecule has 6 atom stereocenters. The van der Waals surface area contributed by atoms with Crippen molar-refractivity contribution in [2.24, 2.45) is 39.7 Å². The van der Waals surface area contributed by atoms with Crippen LogP contribution < -0.4 is 0 Å². The molecule has 0 aromatic heterocycles. The number of nitrogens with zero attached hydrogens (tertiary/aromatic N) is 1. The van der Waals surface area contributed by atoms with Crippen LogP contribution in [0.3, 0.4) is 0 Å². The van der Waals surface area contributed by atoms with Crippen LogP contribution in [0.15, 0.2) is 5.16 Å². The van der Waals surface area contributed by atoms with E-state index in [1.807, 2.05) is 0 Å². The molecule has 0 spiro atoms. The summed E-state index contributed by atoms with van der Waals surface area (Å²) in [5.74, 6) is 2.55. The minimum Gasteiger partial charge on any atom is -0.411 e. The lowest BCUT2D eigenvalue weighted by molar-refractivity contribution is -0.132. The van der Waals surface area contributed by atoms with E-state index >= 15 is 0 Å². The van der Waals surface area contributed by atoms with E-state index in [2.05, 4.69) is 19.0 Å². The zero-order chi connectivity index (χ0) is 15.5. The highest BCUT2D eigenvalue weighted by molar-refractivity contribution is 5.92. The predicted molar refractivity (Wildman–Crippen MR) is 86.0 cm³/mol. The lowest BCUT2D eigenvalue weighted by Crippen LogP contribution is -2.56. The Balaban J connectivity index is 1.75. The molecule has 1 N–H and O–H groups in total. The summed E-state index contributed by atoms with van der Waals surface area (Å²) in [6.45, 7) is 4.69. The van der Waals surface area contributed by atoms with Crippen LogP contribution in [0, 0.1) is 34.5 Å². The molecule has 4 aliphatic rings. The van der Waals surface area contributed by atoms with Crippen LogP contribution in [0.1, 0.15) is 71.6 Å². The van der Waals surface area contributed by atoms with Crippen LogP contribution in [0.5, 0.6) is 0 Å². The van der Waals surface area contributed by atoms with E-state index in [9.17, 15) is 10.0 Å². The van der Waals surface area contributed by atoms with Gasteiger partial charge in [-0.2, -0.15) is 0 Å². The number of fused-ring (bicyclic) bond motifs is 5. The number of rotatable bonds is 0. The molecular weight excluding hydrogens is 274 g/mol. The molecule has 122 valence electrons. The smallest absolute Gasteiger partial charge is 0.139 e. The number of oxime groups is 1. The molecule has 3 heteroatoms. The highest BCUT2D eigenvalue weighted by atomic mass is 16.4. The van der Waals surface area contributed by atoms with Gasteiger partial charge in [-0.25, -0.2) is 0 Å². The van der Waals surface area contributed by atoms with Gasteiger partial charge in [-0.1, -0.05) is 31.8 Å². The van der Waals surface area contributed by atoms with Gasteiger partial charge in [0.25, 0.3) is 0 Å². The van der Waals surface area contributed by atoms with E-state index in [1.165, 1.54) is 25.7 Å². The predicted octanol–water partition coefficient (Wildman–Crippen LogP) is 4.43. The third-order valence-corrected chi connectivity index (χ3v) is 8.25. The van der Waals surface area contributed by atoms with Gasteiger partial charge < -0.3 is 5.21 Å². The Kier molecular flexibility index (Phi) is 3.22. The van der Waals surface area contributed by atoms with Gasteiger partial charge >= 0.3 is 0 Å². The van der Waals surface area contributed by atoms with Crippen molar-refractivity contribution in [1.82, 2.24) is 0 Å². The van der Waals surface area contributed by atoms with Gasteiger partial charge in [-0.05, 0) is 61.7 Å². The maximum Gasteiger partial charge on any atom is 0.139 e. The van der Waals surface area contributed by atoms with Crippen LogP contribution in [0.4, 0.5) is 0 Å². The van der Waals surface area contributed by atoms with Gasteiger partial charge in [0.15, 0.2) is 0 Å². The Morgan fingerprint density at radius 2 is 1.91 bits per heavy atom. The van der Waals surface area contributed by atoms with Gasteiger partial charge in [0, 0.05) is 17.8 Å². The zero-order valence-electron chi connectivity index (χ0n) is 14.0. The Bertz CT molecular complexity index is 528. The van der Waals surface area contributed by atoms with Crippen molar-refractivity contribution in [3.05, 3.63) is 0 Å². The summed E-state index contributed by atoms with van der Waals surface area (Å²) in [6, 6.07) is 0. The summed E-state index contributed by atoms with van der Waals surface area (Å²) in [5.41, 5.74) is 1.29. The molecule has 4 fully saturated rings. The molecule has 0 aromatic rings. The van der Waals surface area contributed by atoms with Gasteiger partial charge in [0.05, 0.1) is 5.71 Å². The van der Waals surface area contributed by atoms with Gasteiger partial charge in [-0.15, -0.1) is 0 Å². The normalized spacial score (nSPS) is 53.0. The molecular formula is C19H29NO2. The first-order chi connectivity index (χ1) is 10.5. The standard InChI is InChI=1S/C19H29NO2/c1-18-9-4-3-5-12(18)11-15(20-22)17-13-6-7-16(21)19(13,2)10-8-14(17)18/h12-14,17,22H,3-11H2,1-2H3/b20-15+/t12?,13-,14-,17-,18-,19-/m0/s1. The van der Waals surface area contributed by atoms with Crippen molar-refractivity contribution in [2.45, 2.75) is 71.6 Å². The van der Waals surface area contributed by atoms with Crippen molar-refractivity contribution >= 4 is 11.5 Å². The summed E-state index contributed by atoms with van der Waals surface area (Å²) in [5, 5.41) is 13.5. The van der Waals surface area contributed by atoms with Crippen molar-refractivity contribution in [2.75, 3.05) is 0 Å². The molecule has 4 aliphatic carbocycles. The fourth-order valence-electron chi connectivity index (χ4n) is 6.87. The lowest BCUT2D eigenvalue weighted by atomic mass is 9.45. The number of hydrogen-bond donors (Lipinski definition) is 1. The summed E-state index contributed by atoms with van der Waals surface area (Å²) in [4.78, 5) is 12.5. The van der Waals surface area contributed by atoms with E-state index in [-0.39, 0.29) is 5.41 Å². The molecule has 0 aliphatic heterocycles. The summed E-state index contributed by atoms with van der Waals surface area (Å²) >= 11 is 0. The average Bonchev–Trinajstić information content (AvgIpc) is 2.82. The topological polar surface area (TPSA) is 49.7 Å². The quantitative estimate of drug-likeness (QED) is 0.531. The lowest BCUT2D eigenvalue weighted by Gasteiger charge is -2.59. The van der Waals surface area contributed by atoms with E-state index in [0.717, 1.165) is 37.8 Å². The molecule has 0 aromatic carbocycles. The molecule has 3 nitrogen and oxygen atoms in total. The van der Waals surface area contributed by atoms with E-state index in [1.54, 1.807) is 0 Å². The third kappa shape index (κ3) is 1.74. The minimum absolute atomic E-state index is 0.144. The first kappa shape index (κ1) is 14.7. The fraction of sp³-hybridized carbons (Fsp3) is 0.895. The summed E-state index contributed by atoms with van der Waals surface area (Å²) in [6.07, 6.45) is 10.2. The van der Waals surface area contributed by atoms with Crippen LogP contribution in [0.25, 0.3) is 0 Å². The van der Waals surface area contributed by atoms with Gasteiger partial charge in [0.1, 0.15) is 5.78 Å². The van der Waals surface area contributed by atoms with Crippen molar-refractivity contribution in [3.8, 4) is 0 Å². The average molecular weight is 303 g/mol. The van der Waals surface area contributed by atoms with E-state index in [4.69, 9.17) is 0 Å². The van der Waals surface area contributed by atoms with Crippen LogP contribution in [-0.4, -0.2) is 16.7 Å². The van der Waals surface area contributed by atoms with E-state index < -0.39 is 0 Å². The Morgan fingerprint density at radius 3 is 2.68 bits per heavy atom. The molecule has 1 unspecified atom stereocenters. The minimum atomic E-state index is -0.144. The number of ketones is 1. The fourth-order valence-corrected chi connectivity index (χ4v) is 6.87. The number of carbonyl (C=O) groups excluding carboxylic acids is 1. The second-order valence-electron chi connectivity index (χ2n) is 8.90. The van der Waals surface area contributed by atoms with Gasteiger partial charge in [-0.3, -0.25) is 4.79 Å². The van der Waals surface area contributed by atoms with Crippen LogP contribution in [-0.2, 0) is 4.79 Å². The Hall–Kier alpha value is -0.860. The number of carbonyl (C=O) groups is 1.